The molecule has 3 aromatic rings. The summed E-state index contributed by atoms with van der Waals surface area (Å²) < 4.78 is 16.5. The highest BCUT2D eigenvalue weighted by Crippen LogP contribution is 2.20. The molecular weight excluding hydrogens is 379 g/mol. The number of amides is 4. The fourth-order valence-corrected chi connectivity index (χ4v) is 3.06. The molecule has 2 aromatic heterocycles. The highest BCUT2D eigenvalue weighted by Gasteiger charge is 2.28. The fourth-order valence-electron chi connectivity index (χ4n) is 3.06. The molecule has 0 unspecified atom stereocenters. The zero-order valence-corrected chi connectivity index (χ0v) is 15.2. The van der Waals surface area contributed by atoms with Gasteiger partial charge in [-0.05, 0) is 36.4 Å². The number of urea groups is 1. The summed E-state index contributed by atoms with van der Waals surface area (Å²) in [6.45, 7) is 0.140. The van der Waals surface area contributed by atoms with Crippen LogP contribution in [0.5, 0.6) is 0 Å². The Labute approximate surface area is 164 Å². The van der Waals surface area contributed by atoms with Crippen molar-refractivity contribution >= 4 is 17.8 Å². The van der Waals surface area contributed by atoms with Crippen molar-refractivity contribution in [1.29, 1.82) is 0 Å². The van der Waals surface area contributed by atoms with E-state index in [0.717, 1.165) is 4.90 Å². The molecule has 1 saturated heterocycles. The molecule has 1 aromatic carbocycles. The number of nitrogens with one attached hydrogen (secondary N) is 2. The van der Waals surface area contributed by atoms with Crippen LogP contribution in [0.25, 0.3) is 11.5 Å². The molecule has 0 radical (unpaired) electrons. The van der Waals surface area contributed by atoms with Crippen molar-refractivity contribution in [2.24, 2.45) is 0 Å². The number of carbonyl (C=O) groups is 3. The van der Waals surface area contributed by atoms with Crippen LogP contribution >= 0.6 is 0 Å². The Morgan fingerprint density at radius 2 is 1.90 bits per heavy atom. The SMILES string of the molecule is O=C(NCCN1C(=O)CNC1=O)c1cnn(-c2ccc(F)cc2)c1-n1cccc1. The van der Waals surface area contributed by atoms with E-state index in [9.17, 15) is 18.8 Å². The second kappa shape index (κ2) is 7.58. The molecule has 29 heavy (non-hydrogen) atoms. The Kier molecular flexibility index (Phi) is 4.82. The van der Waals surface area contributed by atoms with Gasteiger partial charge in [0.1, 0.15) is 11.4 Å². The summed E-state index contributed by atoms with van der Waals surface area (Å²) in [7, 11) is 0. The Morgan fingerprint density at radius 3 is 2.55 bits per heavy atom. The summed E-state index contributed by atoms with van der Waals surface area (Å²) in [4.78, 5) is 37.0. The van der Waals surface area contributed by atoms with E-state index in [2.05, 4.69) is 15.7 Å². The van der Waals surface area contributed by atoms with Crippen LogP contribution in [0, 0.1) is 5.82 Å². The van der Waals surface area contributed by atoms with Gasteiger partial charge in [0.05, 0.1) is 18.4 Å². The van der Waals surface area contributed by atoms with Crippen molar-refractivity contribution in [3.63, 3.8) is 0 Å². The lowest BCUT2D eigenvalue weighted by Gasteiger charge is -2.13. The van der Waals surface area contributed by atoms with E-state index in [1.54, 1.807) is 41.2 Å². The minimum Gasteiger partial charge on any atom is -0.350 e. The fraction of sp³-hybridized carbons (Fsp3) is 0.158. The van der Waals surface area contributed by atoms with Crippen LogP contribution in [0.3, 0.4) is 0 Å². The van der Waals surface area contributed by atoms with Crippen molar-refractivity contribution in [3.05, 3.63) is 66.4 Å². The first kappa shape index (κ1) is 18.4. The zero-order valence-electron chi connectivity index (χ0n) is 15.2. The maximum Gasteiger partial charge on any atom is 0.324 e. The molecule has 0 spiro atoms. The van der Waals surface area contributed by atoms with Crippen LogP contribution in [0.1, 0.15) is 10.4 Å². The lowest BCUT2D eigenvalue weighted by Crippen LogP contribution is -2.38. The van der Waals surface area contributed by atoms with Crippen LogP contribution in [0.15, 0.2) is 55.0 Å². The van der Waals surface area contributed by atoms with Crippen LogP contribution in [0.2, 0.25) is 0 Å². The maximum absolute atomic E-state index is 13.3. The molecule has 2 N–H and O–H groups in total. The standard InChI is InChI=1S/C19H17FN6O3/c20-13-3-5-14(6-4-13)26-18(24-8-1-2-9-24)15(11-23-26)17(28)21-7-10-25-16(27)12-22-19(25)29/h1-6,8-9,11H,7,10,12H2,(H,21,28)(H,22,29). The summed E-state index contributed by atoms with van der Waals surface area (Å²) in [5.41, 5.74) is 0.885. The van der Waals surface area contributed by atoms with E-state index < -0.39 is 11.9 Å². The normalized spacial score (nSPS) is 13.6. The molecule has 4 rings (SSSR count). The average molecular weight is 396 g/mol. The van der Waals surface area contributed by atoms with E-state index in [-0.39, 0.29) is 31.4 Å². The summed E-state index contributed by atoms with van der Waals surface area (Å²) in [6.07, 6.45) is 4.95. The van der Waals surface area contributed by atoms with Gasteiger partial charge in [-0.15, -0.1) is 0 Å². The first-order chi connectivity index (χ1) is 14.0. The van der Waals surface area contributed by atoms with Crippen LogP contribution in [-0.2, 0) is 4.79 Å². The van der Waals surface area contributed by atoms with Gasteiger partial charge in [-0.1, -0.05) is 0 Å². The van der Waals surface area contributed by atoms with E-state index in [4.69, 9.17) is 0 Å². The third kappa shape index (κ3) is 3.59. The van der Waals surface area contributed by atoms with Gasteiger partial charge in [-0.25, -0.2) is 13.9 Å². The molecule has 0 bridgehead atoms. The number of imide groups is 1. The first-order valence-corrected chi connectivity index (χ1v) is 8.88. The zero-order chi connectivity index (χ0) is 20.4. The van der Waals surface area contributed by atoms with Crippen LogP contribution in [0.4, 0.5) is 9.18 Å². The van der Waals surface area contributed by atoms with Gasteiger partial charge in [0.25, 0.3) is 5.91 Å². The number of rotatable bonds is 6. The van der Waals surface area contributed by atoms with Crippen molar-refractivity contribution in [2.45, 2.75) is 0 Å². The number of carbonyl (C=O) groups excluding carboxylic acids is 3. The second-order valence-electron chi connectivity index (χ2n) is 6.32. The summed E-state index contributed by atoms with van der Waals surface area (Å²) in [6, 6.07) is 8.90. The lowest BCUT2D eigenvalue weighted by molar-refractivity contribution is -0.124. The average Bonchev–Trinajstić information content (AvgIpc) is 3.44. The third-order valence-electron chi connectivity index (χ3n) is 4.47. The monoisotopic (exact) mass is 396 g/mol. The van der Waals surface area contributed by atoms with E-state index >= 15 is 0 Å². The Balaban J connectivity index is 1.57. The predicted octanol–water partition coefficient (Wildman–Crippen LogP) is 1.08. The van der Waals surface area contributed by atoms with Crippen LogP contribution in [-0.4, -0.2) is 56.7 Å². The van der Waals surface area contributed by atoms with Gasteiger partial charge < -0.3 is 15.2 Å². The molecule has 1 aliphatic heterocycles. The maximum atomic E-state index is 13.3. The highest BCUT2D eigenvalue weighted by molar-refractivity contribution is 6.02. The first-order valence-electron chi connectivity index (χ1n) is 8.88. The smallest absolute Gasteiger partial charge is 0.324 e. The number of hydrogen-bond donors (Lipinski definition) is 2. The van der Waals surface area contributed by atoms with Gasteiger partial charge in [-0.2, -0.15) is 5.10 Å². The third-order valence-corrected chi connectivity index (χ3v) is 4.47. The molecule has 1 fully saturated rings. The van der Waals surface area contributed by atoms with Gasteiger partial charge in [0.15, 0.2) is 5.82 Å². The highest BCUT2D eigenvalue weighted by atomic mass is 19.1. The minimum absolute atomic E-state index is 0.0327. The van der Waals surface area contributed by atoms with Crippen molar-refractivity contribution < 1.29 is 18.8 Å². The number of aromatic nitrogens is 3. The molecule has 9 nitrogen and oxygen atoms in total. The van der Waals surface area contributed by atoms with E-state index in [0.29, 0.717) is 17.1 Å². The van der Waals surface area contributed by atoms with Gasteiger partial charge in [0, 0.05) is 25.5 Å². The predicted molar refractivity (Wildman–Crippen MR) is 100 cm³/mol. The lowest BCUT2D eigenvalue weighted by atomic mass is 10.2. The van der Waals surface area contributed by atoms with Crippen molar-refractivity contribution in [3.8, 4) is 11.5 Å². The summed E-state index contributed by atoms with van der Waals surface area (Å²) in [5.74, 6) is -0.633. The molecule has 10 heteroatoms. The Morgan fingerprint density at radius 1 is 1.17 bits per heavy atom. The molecular formula is C19H17FN6O3. The number of halogens is 1. The van der Waals surface area contributed by atoms with E-state index in [1.165, 1.54) is 23.0 Å². The Hall–Kier alpha value is -3.95. The van der Waals surface area contributed by atoms with E-state index in [1.807, 2.05) is 0 Å². The summed E-state index contributed by atoms with van der Waals surface area (Å²) in [5, 5.41) is 9.41. The van der Waals surface area contributed by atoms with Gasteiger partial charge in [-0.3, -0.25) is 14.5 Å². The quantitative estimate of drug-likeness (QED) is 0.609. The molecule has 1 aliphatic rings. The molecule has 0 atom stereocenters. The molecule has 0 saturated carbocycles. The Bertz CT molecular complexity index is 1040. The van der Waals surface area contributed by atoms with Crippen molar-refractivity contribution in [2.75, 3.05) is 19.6 Å². The molecule has 4 amide bonds. The number of hydrogen-bond acceptors (Lipinski definition) is 4. The second-order valence-corrected chi connectivity index (χ2v) is 6.32. The summed E-state index contributed by atoms with van der Waals surface area (Å²) >= 11 is 0. The van der Waals surface area contributed by atoms with Crippen molar-refractivity contribution in [1.82, 2.24) is 29.9 Å². The van der Waals surface area contributed by atoms with Gasteiger partial charge in [0.2, 0.25) is 5.91 Å². The van der Waals surface area contributed by atoms with Gasteiger partial charge >= 0.3 is 6.03 Å². The molecule has 0 aliphatic carbocycles. The number of nitrogens with zero attached hydrogens (tertiary/aromatic N) is 4. The molecule has 3 heterocycles. The number of benzene rings is 1. The largest absolute Gasteiger partial charge is 0.350 e. The molecule has 148 valence electrons. The topological polar surface area (TPSA) is 101 Å². The van der Waals surface area contributed by atoms with Crippen LogP contribution < -0.4 is 10.6 Å². The minimum atomic E-state index is -0.471.